The van der Waals surface area contributed by atoms with Crippen molar-refractivity contribution < 1.29 is 13.2 Å². The Morgan fingerprint density at radius 2 is 1.94 bits per heavy atom. The first-order valence-corrected chi connectivity index (χ1v) is 12.8. The lowest BCUT2D eigenvalue weighted by atomic mass is 10.1. The van der Waals surface area contributed by atoms with E-state index < -0.39 is 9.84 Å². The normalized spacial score (nSPS) is 15.4. The van der Waals surface area contributed by atoms with E-state index in [0.29, 0.717) is 18.0 Å². The number of anilines is 2. The first-order chi connectivity index (χ1) is 15.5. The molecule has 0 aliphatic carbocycles. The Labute approximate surface area is 190 Å². The highest BCUT2D eigenvalue weighted by molar-refractivity contribution is 7.91. The highest BCUT2D eigenvalue weighted by Gasteiger charge is 2.26. The number of sulfone groups is 1. The third-order valence-corrected chi connectivity index (χ3v) is 7.70. The summed E-state index contributed by atoms with van der Waals surface area (Å²) in [4.78, 5) is 7.42. The molecule has 0 saturated heterocycles. The highest BCUT2D eigenvalue weighted by Crippen LogP contribution is 2.31. The zero-order chi connectivity index (χ0) is 22.6. The van der Waals surface area contributed by atoms with Crippen LogP contribution < -0.4 is 10.2 Å². The number of nitrogens with zero attached hydrogens (tertiary/aromatic N) is 2. The quantitative estimate of drug-likeness (QED) is 0.504. The Balaban J connectivity index is 1.63. The number of unbranched alkanes of at least 4 members (excludes halogenated alkanes) is 2. The molecule has 1 aromatic heterocycles. The van der Waals surface area contributed by atoms with Gasteiger partial charge in [-0.05, 0) is 49.9 Å². The summed E-state index contributed by atoms with van der Waals surface area (Å²) >= 11 is 0. The van der Waals surface area contributed by atoms with Crippen LogP contribution in [0.4, 0.5) is 11.5 Å². The maximum Gasteiger partial charge on any atom is 0.180 e. The van der Waals surface area contributed by atoms with Gasteiger partial charge in [0.1, 0.15) is 5.82 Å². The van der Waals surface area contributed by atoms with Gasteiger partial charge < -0.3 is 15.0 Å². The number of nitrogens with one attached hydrogen (secondary N) is 1. The van der Waals surface area contributed by atoms with E-state index in [1.165, 1.54) is 5.56 Å². The van der Waals surface area contributed by atoms with Crippen LogP contribution in [0.5, 0.6) is 0 Å². The van der Waals surface area contributed by atoms with Gasteiger partial charge >= 0.3 is 0 Å². The first kappa shape index (κ1) is 22.6. The minimum Gasteiger partial charge on any atom is -0.385 e. The Hall–Kier alpha value is -2.64. The van der Waals surface area contributed by atoms with Gasteiger partial charge in [-0.25, -0.2) is 13.4 Å². The van der Waals surface area contributed by atoms with Crippen molar-refractivity contribution in [3.05, 3.63) is 59.7 Å². The average molecular weight is 454 g/mol. The lowest BCUT2D eigenvalue weighted by Gasteiger charge is -2.23. The smallest absolute Gasteiger partial charge is 0.180 e. The molecule has 0 amide bonds. The van der Waals surface area contributed by atoms with Crippen LogP contribution >= 0.6 is 0 Å². The van der Waals surface area contributed by atoms with E-state index in [1.807, 2.05) is 18.2 Å². The summed E-state index contributed by atoms with van der Waals surface area (Å²) in [6.45, 7) is 4.68. The number of ether oxygens (including phenoxy) is 1. The van der Waals surface area contributed by atoms with Gasteiger partial charge in [0.25, 0.3) is 0 Å². The molecule has 0 saturated carbocycles. The molecule has 32 heavy (non-hydrogen) atoms. The van der Waals surface area contributed by atoms with Gasteiger partial charge in [0.05, 0.1) is 16.2 Å². The van der Waals surface area contributed by atoms with E-state index >= 15 is 0 Å². The van der Waals surface area contributed by atoms with Crippen molar-refractivity contribution in [1.82, 2.24) is 4.98 Å². The van der Waals surface area contributed by atoms with Crippen LogP contribution in [0.1, 0.15) is 30.4 Å². The summed E-state index contributed by atoms with van der Waals surface area (Å²) in [5.74, 6) is 0.884. The molecule has 0 unspecified atom stereocenters. The Bertz CT molecular complexity index is 1190. The molecule has 170 valence electrons. The maximum absolute atomic E-state index is 12.8. The standard InChI is InChI=1S/C25H31N3O3S/c1-19-10-11-22-21(16-19)23(26-12-6-3-7-14-31-2)17-25(27-22)28-13-15-32(29,30)24-9-5-4-8-20(24)18-28/h4-5,8-11,16-17H,3,6-7,12-15,18H2,1-2H3,(H,26,27). The number of methoxy groups -OCH3 is 1. The molecule has 2 aromatic carbocycles. The average Bonchev–Trinajstić information content (AvgIpc) is 2.92. The Morgan fingerprint density at radius 3 is 2.78 bits per heavy atom. The van der Waals surface area contributed by atoms with Crippen LogP contribution in [0, 0.1) is 6.92 Å². The summed E-state index contributed by atoms with van der Waals surface area (Å²) in [7, 11) is -1.56. The molecule has 0 radical (unpaired) electrons. The van der Waals surface area contributed by atoms with Gasteiger partial charge in [-0.15, -0.1) is 0 Å². The summed E-state index contributed by atoms with van der Waals surface area (Å²) < 4.78 is 30.7. The minimum absolute atomic E-state index is 0.0832. The molecule has 0 bridgehead atoms. The van der Waals surface area contributed by atoms with E-state index in [1.54, 1.807) is 19.2 Å². The summed E-state index contributed by atoms with van der Waals surface area (Å²) in [6.07, 6.45) is 3.22. The molecule has 2 heterocycles. The largest absolute Gasteiger partial charge is 0.385 e. The zero-order valence-electron chi connectivity index (χ0n) is 18.8. The molecule has 7 heteroatoms. The maximum atomic E-state index is 12.8. The molecular weight excluding hydrogens is 422 g/mol. The van der Waals surface area contributed by atoms with Crippen molar-refractivity contribution in [2.75, 3.05) is 42.8 Å². The van der Waals surface area contributed by atoms with E-state index in [0.717, 1.165) is 60.4 Å². The van der Waals surface area contributed by atoms with Gasteiger partial charge in [0.15, 0.2) is 9.84 Å². The monoisotopic (exact) mass is 453 g/mol. The SMILES string of the molecule is COCCCCCNc1cc(N2CCS(=O)(=O)c3ccccc3C2)nc2ccc(C)cc12. The molecule has 0 fully saturated rings. The summed E-state index contributed by atoms with van der Waals surface area (Å²) in [6, 6.07) is 15.6. The van der Waals surface area contributed by atoms with Gasteiger partial charge in [-0.1, -0.05) is 29.8 Å². The second-order valence-electron chi connectivity index (χ2n) is 8.38. The minimum atomic E-state index is -3.30. The fraction of sp³-hybridized carbons (Fsp3) is 0.400. The number of fused-ring (bicyclic) bond motifs is 2. The van der Waals surface area contributed by atoms with Crippen molar-refractivity contribution in [3.8, 4) is 0 Å². The van der Waals surface area contributed by atoms with Crippen molar-refractivity contribution in [2.24, 2.45) is 0 Å². The highest BCUT2D eigenvalue weighted by atomic mass is 32.2. The molecule has 1 aliphatic heterocycles. The number of benzene rings is 2. The fourth-order valence-electron chi connectivity index (χ4n) is 4.16. The number of rotatable bonds is 8. The van der Waals surface area contributed by atoms with Crippen molar-refractivity contribution in [3.63, 3.8) is 0 Å². The fourth-order valence-corrected chi connectivity index (χ4v) is 5.66. The zero-order valence-corrected chi connectivity index (χ0v) is 19.6. The van der Waals surface area contributed by atoms with Crippen molar-refractivity contribution >= 4 is 32.2 Å². The molecule has 1 N–H and O–H groups in total. The van der Waals surface area contributed by atoms with E-state index in [4.69, 9.17) is 9.72 Å². The molecule has 3 aromatic rings. The lowest BCUT2D eigenvalue weighted by Crippen LogP contribution is -2.26. The Morgan fingerprint density at radius 1 is 1.09 bits per heavy atom. The molecule has 6 nitrogen and oxygen atoms in total. The van der Waals surface area contributed by atoms with Gasteiger partial charge in [0.2, 0.25) is 0 Å². The third-order valence-electron chi connectivity index (χ3n) is 5.91. The number of aromatic nitrogens is 1. The van der Waals surface area contributed by atoms with Gasteiger partial charge in [-0.3, -0.25) is 0 Å². The lowest BCUT2D eigenvalue weighted by molar-refractivity contribution is 0.192. The van der Waals surface area contributed by atoms with Gasteiger partial charge in [0, 0.05) is 50.5 Å². The Kier molecular flexibility index (Phi) is 6.96. The second kappa shape index (κ2) is 9.88. The molecule has 0 atom stereocenters. The number of hydrogen-bond donors (Lipinski definition) is 1. The second-order valence-corrected chi connectivity index (χ2v) is 10.5. The van der Waals surface area contributed by atoms with E-state index in [2.05, 4.69) is 35.3 Å². The topological polar surface area (TPSA) is 71.5 Å². The molecule has 0 spiro atoms. The van der Waals surface area contributed by atoms with Crippen LogP contribution in [-0.4, -0.2) is 46.0 Å². The predicted molar refractivity (Wildman–Crippen MR) is 130 cm³/mol. The first-order valence-electron chi connectivity index (χ1n) is 11.2. The molecule has 1 aliphatic rings. The van der Waals surface area contributed by atoms with E-state index in [9.17, 15) is 8.42 Å². The molecular formula is C25H31N3O3S. The number of hydrogen-bond acceptors (Lipinski definition) is 6. The van der Waals surface area contributed by atoms with Crippen LogP contribution in [0.25, 0.3) is 10.9 Å². The van der Waals surface area contributed by atoms with Crippen LogP contribution in [0.15, 0.2) is 53.4 Å². The van der Waals surface area contributed by atoms with Crippen LogP contribution in [-0.2, 0) is 21.1 Å². The van der Waals surface area contributed by atoms with Gasteiger partial charge in [-0.2, -0.15) is 0 Å². The van der Waals surface area contributed by atoms with Crippen molar-refractivity contribution in [1.29, 1.82) is 0 Å². The summed E-state index contributed by atoms with van der Waals surface area (Å²) in [5.41, 5.74) is 3.96. The number of aryl methyl sites for hydroxylation is 1. The predicted octanol–water partition coefficient (Wildman–Crippen LogP) is 4.57. The third kappa shape index (κ3) is 5.05. The number of pyridine rings is 1. The summed E-state index contributed by atoms with van der Waals surface area (Å²) in [5, 5.41) is 4.69. The van der Waals surface area contributed by atoms with E-state index in [-0.39, 0.29) is 5.75 Å². The van der Waals surface area contributed by atoms with Crippen LogP contribution in [0.3, 0.4) is 0 Å². The van der Waals surface area contributed by atoms with Crippen LogP contribution in [0.2, 0.25) is 0 Å². The molecule has 4 rings (SSSR count). The van der Waals surface area contributed by atoms with Crippen molar-refractivity contribution in [2.45, 2.75) is 37.6 Å².